The number of anilines is 1. The number of carbonyl (C=O) groups excluding carboxylic acids is 2. The van der Waals surface area contributed by atoms with Crippen LogP contribution in [-0.2, 0) is 16.0 Å². The van der Waals surface area contributed by atoms with Gasteiger partial charge in [-0.2, -0.15) is 13.2 Å². The molecule has 0 fully saturated rings. The van der Waals surface area contributed by atoms with Gasteiger partial charge in [-0.3, -0.25) is 10.1 Å². The quantitative estimate of drug-likeness (QED) is 0.912. The maximum atomic E-state index is 12.4. The van der Waals surface area contributed by atoms with Crippen LogP contribution in [0.1, 0.15) is 26.3 Å². The number of nitrogens with one attached hydrogen (secondary N) is 1. The summed E-state index contributed by atoms with van der Waals surface area (Å²) in [7, 11) is 1.28. The monoisotopic (exact) mass is 333 g/mol. The summed E-state index contributed by atoms with van der Waals surface area (Å²) >= 11 is 0. The normalized spacial score (nSPS) is 11.8. The highest BCUT2D eigenvalue weighted by Crippen LogP contribution is 2.27. The highest BCUT2D eigenvalue weighted by atomic mass is 19.4. The molecule has 0 unspecified atom stereocenters. The first-order valence-electron chi connectivity index (χ1n) is 6.69. The van der Waals surface area contributed by atoms with Crippen molar-refractivity contribution in [1.82, 2.24) is 0 Å². The zero-order chi connectivity index (χ0) is 17.8. The SMILES string of the molecule is COc1ccc(NC(=O)OC(C)(C)C)cc1CC(=O)C(F)(F)F. The van der Waals surface area contributed by atoms with Gasteiger partial charge in [-0.05, 0) is 39.0 Å². The zero-order valence-corrected chi connectivity index (χ0v) is 13.2. The summed E-state index contributed by atoms with van der Waals surface area (Å²) in [6, 6.07) is 4.04. The topological polar surface area (TPSA) is 64.6 Å². The molecule has 1 amide bonds. The van der Waals surface area contributed by atoms with Gasteiger partial charge in [0.2, 0.25) is 5.78 Å². The molecule has 0 heterocycles. The van der Waals surface area contributed by atoms with Crippen molar-refractivity contribution in [3.05, 3.63) is 23.8 Å². The van der Waals surface area contributed by atoms with Crippen LogP contribution in [0.15, 0.2) is 18.2 Å². The summed E-state index contributed by atoms with van der Waals surface area (Å²) in [6.07, 6.45) is -6.56. The summed E-state index contributed by atoms with van der Waals surface area (Å²) in [6.45, 7) is 5.02. The summed E-state index contributed by atoms with van der Waals surface area (Å²) in [5.41, 5.74) is -0.501. The number of amides is 1. The Hall–Kier alpha value is -2.25. The Bertz CT molecular complexity index is 591. The molecule has 0 aliphatic carbocycles. The molecular weight excluding hydrogens is 315 g/mol. The molecule has 128 valence electrons. The van der Waals surface area contributed by atoms with Crippen molar-refractivity contribution in [2.75, 3.05) is 12.4 Å². The summed E-state index contributed by atoms with van der Waals surface area (Å²) in [5, 5.41) is 2.39. The number of methoxy groups -OCH3 is 1. The number of halogens is 3. The Labute approximate surface area is 131 Å². The van der Waals surface area contributed by atoms with E-state index in [0.717, 1.165) is 0 Å². The van der Waals surface area contributed by atoms with Gasteiger partial charge in [-0.1, -0.05) is 0 Å². The van der Waals surface area contributed by atoms with E-state index in [-0.39, 0.29) is 17.0 Å². The van der Waals surface area contributed by atoms with Crippen LogP contribution in [-0.4, -0.2) is 30.8 Å². The fourth-order valence-electron chi connectivity index (χ4n) is 1.69. The standard InChI is InChI=1S/C15H18F3NO4/c1-14(2,3)23-13(21)19-10-5-6-11(22-4)9(7-10)8-12(20)15(16,17)18/h5-7H,8H2,1-4H3,(H,19,21). The number of Topliss-reactive ketones (excluding diaryl/α,β-unsaturated/α-hetero) is 1. The average Bonchev–Trinajstić information content (AvgIpc) is 2.35. The number of rotatable bonds is 4. The van der Waals surface area contributed by atoms with Crippen molar-refractivity contribution >= 4 is 17.6 Å². The molecule has 1 aromatic carbocycles. The van der Waals surface area contributed by atoms with Crippen molar-refractivity contribution in [2.24, 2.45) is 0 Å². The lowest BCUT2D eigenvalue weighted by molar-refractivity contribution is -0.170. The molecule has 0 saturated carbocycles. The number of alkyl halides is 3. The summed E-state index contributed by atoms with van der Waals surface area (Å²) in [4.78, 5) is 22.8. The number of ether oxygens (including phenoxy) is 2. The molecule has 0 aliphatic heterocycles. The molecule has 5 nitrogen and oxygen atoms in total. The maximum absolute atomic E-state index is 12.4. The van der Waals surface area contributed by atoms with Crippen LogP contribution < -0.4 is 10.1 Å². The van der Waals surface area contributed by atoms with E-state index in [9.17, 15) is 22.8 Å². The van der Waals surface area contributed by atoms with E-state index in [1.54, 1.807) is 20.8 Å². The van der Waals surface area contributed by atoms with Crippen LogP contribution in [0.3, 0.4) is 0 Å². The maximum Gasteiger partial charge on any atom is 0.450 e. The van der Waals surface area contributed by atoms with E-state index in [1.165, 1.54) is 25.3 Å². The second-order valence-electron chi connectivity index (χ2n) is 5.75. The molecule has 1 aromatic rings. The van der Waals surface area contributed by atoms with E-state index in [1.807, 2.05) is 0 Å². The molecule has 0 bridgehead atoms. The number of carbonyl (C=O) groups is 2. The molecule has 0 saturated heterocycles. The van der Waals surface area contributed by atoms with E-state index >= 15 is 0 Å². The van der Waals surface area contributed by atoms with Gasteiger partial charge in [0, 0.05) is 17.7 Å². The minimum Gasteiger partial charge on any atom is -0.496 e. The minimum atomic E-state index is -4.93. The third kappa shape index (κ3) is 6.17. The lowest BCUT2D eigenvalue weighted by Crippen LogP contribution is -2.27. The fraction of sp³-hybridized carbons (Fsp3) is 0.467. The molecule has 0 aromatic heterocycles. The van der Waals surface area contributed by atoms with E-state index in [0.29, 0.717) is 0 Å². The highest BCUT2D eigenvalue weighted by Gasteiger charge is 2.38. The summed E-state index contributed by atoms with van der Waals surface area (Å²) < 4.78 is 47.1. The third-order valence-electron chi connectivity index (χ3n) is 2.59. The third-order valence-corrected chi connectivity index (χ3v) is 2.59. The van der Waals surface area contributed by atoms with Crippen LogP contribution in [0, 0.1) is 0 Å². The van der Waals surface area contributed by atoms with Gasteiger partial charge < -0.3 is 9.47 Å². The van der Waals surface area contributed by atoms with Gasteiger partial charge in [0.05, 0.1) is 7.11 Å². The van der Waals surface area contributed by atoms with Crippen molar-refractivity contribution in [3.63, 3.8) is 0 Å². The first-order valence-corrected chi connectivity index (χ1v) is 6.69. The van der Waals surface area contributed by atoms with Gasteiger partial charge in [-0.15, -0.1) is 0 Å². The van der Waals surface area contributed by atoms with Gasteiger partial charge in [0.15, 0.2) is 0 Å². The lowest BCUT2D eigenvalue weighted by atomic mass is 10.1. The van der Waals surface area contributed by atoms with Crippen LogP contribution in [0.4, 0.5) is 23.7 Å². The first kappa shape index (κ1) is 18.8. The first-order chi connectivity index (χ1) is 10.4. The number of hydrogen-bond donors (Lipinski definition) is 1. The largest absolute Gasteiger partial charge is 0.496 e. The Morgan fingerprint density at radius 2 is 1.78 bits per heavy atom. The Morgan fingerprint density at radius 3 is 2.26 bits per heavy atom. The molecule has 1 rings (SSSR count). The molecule has 0 radical (unpaired) electrons. The number of hydrogen-bond acceptors (Lipinski definition) is 4. The molecule has 23 heavy (non-hydrogen) atoms. The number of benzene rings is 1. The van der Waals surface area contributed by atoms with Crippen molar-refractivity contribution in [3.8, 4) is 5.75 Å². The van der Waals surface area contributed by atoms with Gasteiger partial charge in [0.1, 0.15) is 11.4 Å². The van der Waals surface area contributed by atoms with Crippen LogP contribution in [0.25, 0.3) is 0 Å². The van der Waals surface area contributed by atoms with Crippen LogP contribution in [0.2, 0.25) is 0 Å². The van der Waals surface area contributed by atoms with E-state index < -0.39 is 30.1 Å². The zero-order valence-electron chi connectivity index (χ0n) is 13.2. The van der Waals surface area contributed by atoms with Crippen molar-refractivity contribution < 1.29 is 32.2 Å². The Kier molecular flexibility index (Phi) is 5.63. The molecule has 0 aliphatic rings. The van der Waals surface area contributed by atoms with Crippen LogP contribution in [0.5, 0.6) is 5.75 Å². The number of ketones is 1. The van der Waals surface area contributed by atoms with Crippen molar-refractivity contribution in [2.45, 2.75) is 39.0 Å². The molecule has 8 heteroatoms. The van der Waals surface area contributed by atoms with Gasteiger partial charge in [-0.25, -0.2) is 4.79 Å². The van der Waals surface area contributed by atoms with Crippen LogP contribution >= 0.6 is 0 Å². The van der Waals surface area contributed by atoms with E-state index in [4.69, 9.17) is 9.47 Å². The van der Waals surface area contributed by atoms with Crippen molar-refractivity contribution in [1.29, 1.82) is 0 Å². The molecule has 1 N–H and O–H groups in total. The smallest absolute Gasteiger partial charge is 0.450 e. The van der Waals surface area contributed by atoms with Gasteiger partial charge >= 0.3 is 12.3 Å². The minimum absolute atomic E-state index is 0.0170. The van der Waals surface area contributed by atoms with Gasteiger partial charge in [0.25, 0.3) is 0 Å². The average molecular weight is 333 g/mol. The van der Waals surface area contributed by atoms with E-state index in [2.05, 4.69) is 5.32 Å². The Balaban J connectivity index is 2.95. The lowest BCUT2D eigenvalue weighted by Gasteiger charge is -2.20. The predicted octanol–water partition coefficient (Wildman–Crippen LogP) is 3.72. The second-order valence-corrected chi connectivity index (χ2v) is 5.75. The fourth-order valence-corrected chi connectivity index (χ4v) is 1.69. The molecule has 0 atom stereocenters. The molecule has 0 spiro atoms. The summed E-state index contributed by atoms with van der Waals surface area (Å²) in [5.74, 6) is -1.78. The highest BCUT2D eigenvalue weighted by molar-refractivity contribution is 5.88. The molecular formula is C15H18F3NO4. The second kappa shape index (κ2) is 6.89. The predicted molar refractivity (Wildman–Crippen MR) is 77.6 cm³/mol. The Morgan fingerprint density at radius 1 is 1.17 bits per heavy atom.